The molecule has 2 aromatic heterocycles. The summed E-state index contributed by atoms with van der Waals surface area (Å²) in [5.41, 5.74) is 0. The summed E-state index contributed by atoms with van der Waals surface area (Å²) in [4.78, 5) is 29.0. The molecule has 2 saturated heterocycles. The fourth-order valence-corrected chi connectivity index (χ4v) is 4.01. The molecule has 27 heavy (non-hydrogen) atoms. The molecule has 2 atom stereocenters. The summed E-state index contributed by atoms with van der Waals surface area (Å²) in [5.74, 6) is 1.55. The third-order valence-corrected chi connectivity index (χ3v) is 5.50. The van der Waals surface area contributed by atoms with Gasteiger partial charge in [0.25, 0.3) is 5.91 Å². The van der Waals surface area contributed by atoms with Gasteiger partial charge in [-0.2, -0.15) is 0 Å². The summed E-state index contributed by atoms with van der Waals surface area (Å²) >= 11 is 0. The molecule has 2 aromatic rings. The molecule has 4 heterocycles. The maximum absolute atomic E-state index is 14.0. The van der Waals surface area contributed by atoms with Crippen molar-refractivity contribution in [3.63, 3.8) is 0 Å². The van der Waals surface area contributed by atoms with Gasteiger partial charge in [0.2, 0.25) is 5.82 Å². The summed E-state index contributed by atoms with van der Waals surface area (Å²) in [7, 11) is 1.54. The van der Waals surface area contributed by atoms with Crippen LogP contribution in [0.1, 0.15) is 23.5 Å². The van der Waals surface area contributed by atoms with E-state index in [0.717, 1.165) is 25.9 Å². The Morgan fingerprint density at radius 3 is 2.41 bits per heavy atom. The third-order valence-electron chi connectivity index (χ3n) is 5.50. The van der Waals surface area contributed by atoms with E-state index in [2.05, 4.69) is 15.0 Å². The number of fused-ring (bicyclic) bond motifs is 1. The summed E-state index contributed by atoms with van der Waals surface area (Å²) in [5, 5.41) is 0. The largest absolute Gasteiger partial charge is 0.494 e. The minimum absolute atomic E-state index is 0.140. The Kier molecular flexibility index (Phi) is 4.87. The number of ether oxygens (including phenoxy) is 1. The van der Waals surface area contributed by atoms with Gasteiger partial charge in [-0.05, 0) is 36.8 Å². The van der Waals surface area contributed by atoms with E-state index in [1.807, 2.05) is 9.80 Å². The van der Waals surface area contributed by atoms with E-state index in [1.165, 1.54) is 25.6 Å². The highest BCUT2D eigenvalue weighted by molar-refractivity contribution is 5.90. The van der Waals surface area contributed by atoms with E-state index < -0.39 is 0 Å². The average Bonchev–Trinajstić information content (AvgIpc) is 3.01. The van der Waals surface area contributed by atoms with Crippen LogP contribution in [-0.2, 0) is 0 Å². The maximum Gasteiger partial charge on any atom is 0.291 e. The van der Waals surface area contributed by atoms with Crippen molar-refractivity contribution in [2.24, 2.45) is 11.8 Å². The van der Waals surface area contributed by atoms with E-state index in [1.54, 1.807) is 12.3 Å². The highest BCUT2D eigenvalue weighted by Crippen LogP contribution is 2.33. The standard InChI is InChI=1S/C19H22FN5O2/c1-27-15-9-22-17(23-10-15)19(26)25-11-13-4-7-24(8-5-14(13)12-25)18-16(20)3-2-6-21-18/h2-3,6,9-10,13-14H,4-5,7-8,11-12H2,1H3/t13-,14+. The number of hydrogen-bond acceptors (Lipinski definition) is 6. The average molecular weight is 371 g/mol. The SMILES string of the molecule is COc1cnc(C(=O)N2C[C@H]3CCN(c4ncccc4F)CC[C@H]3C2)nc1. The van der Waals surface area contributed by atoms with Crippen LogP contribution < -0.4 is 9.64 Å². The highest BCUT2D eigenvalue weighted by Gasteiger charge is 2.38. The van der Waals surface area contributed by atoms with E-state index in [-0.39, 0.29) is 17.5 Å². The zero-order valence-corrected chi connectivity index (χ0v) is 15.2. The third kappa shape index (κ3) is 3.56. The lowest BCUT2D eigenvalue weighted by atomic mass is 9.92. The highest BCUT2D eigenvalue weighted by atomic mass is 19.1. The molecule has 2 aliphatic heterocycles. The number of amides is 1. The van der Waals surface area contributed by atoms with E-state index in [9.17, 15) is 9.18 Å². The summed E-state index contributed by atoms with van der Waals surface area (Å²) in [6.45, 7) is 2.88. The Labute approximate surface area is 157 Å². The first kappa shape index (κ1) is 17.6. The molecule has 0 unspecified atom stereocenters. The normalized spacial score (nSPS) is 22.3. The van der Waals surface area contributed by atoms with Crippen LogP contribution >= 0.6 is 0 Å². The molecule has 0 N–H and O–H groups in total. The molecule has 0 aliphatic carbocycles. The van der Waals surface area contributed by atoms with Crippen LogP contribution in [0.2, 0.25) is 0 Å². The smallest absolute Gasteiger partial charge is 0.291 e. The second-order valence-corrected chi connectivity index (χ2v) is 7.05. The number of halogens is 1. The van der Waals surface area contributed by atoms with Gasteiger partial charge in [0.05, 0.1) is 19.5 Å². The number of aromatic nitrogens is 3. The minimum Gasteiger partial charge on any atom is -0.494 e. The van der Waals surface area contributed by atoms with Crippen molar-refractivity contribution in [1.82, 2.24) is 19.9 Å². The second kappa shape index (κ2) is 7.46. The number of nitrogens with zero attached hydrogens (tertiary/aromatic N) is 5. The van der Waals surface area contributed by atoms with Gasteiger partial charge in [-0.3, -0.25) is 4.79 Å². The molecule has 1 amide bonds. The molecule has 0 aromatic carbocycles. The summed E-state index contributed by atoms with van der Waals surface area (Å²) in [6.07, 6.45) is 6.46. The maximum atomic E-state index is 14.0. The second-order valence-electron chi connectivity index (χ2n) is 7.05. The monoisotopic (exact) mass is 371 g/mol. The van der Waals surface area contributed by atoms with Crippen LogP contribution in [-0.4, -0.2) is 59.0 Å². The van der Waals surface area contributed by atoms with Crippen molar-refractivity contribution >= 4 is 11.7 Å². The molecule has 8 heteroatoms. The zero-order valence-electron chi connectivity index (χ0n) is 15.2. The first-order valence-electron chi connectivity index (χ1n) is 9.16. The number of anilines is 1. The van der Waals surface area contributed by atoms with Gasteiger partial charge in [0, 0.05) is 32.4 Å². The predicted octanol–water partition coefficient (Wildman–Crippen LogP) is 2.01. The van der Waals surface area contributed by atoms with E-state index in [4.69, 9.17) is 4.74 Å². The number of pyridine rings is 1. The lowest BCUT2D eigenvalue weighted by molar-refractivity contribution is 0.0770. The molecular formula is C19H22FN5O2. The predicted molar refractivity (Wildman–Crippen MR) is 97.1 cm³/mol. The number of methoxy groups -OCH3 is 1. The lowest BCUT2D eigenvalue weighted by Gasteiger charge is -2.23. The first-order chi connectivity index (χ1) is 13.2. The Bertz CT molecular complexity index is 800. The number of rotatable bonds is 3. The molecule has 0 radical (unpaired) electrons. The minimum atomic E-state index is -0.280. The Balaban J connectivity index is 1.40. The quantitative estimate of drug-likeness (QED) is 0.822. The number of carbonyl (C=O) groups excluding carboxylic acids is 1. The van der Waals surface area contributed by atoms with Crippen molar-refractivity contribution in [3.8, 4) is 5.75 Å². The van der Waals surface area contributed by atoms with E-state index >= 15 is 0 Å². The van der Waals surface area contributed by atoms with Gasteiger partial charge in [0.15, 0.2) is 17.4 Å². The Hall–Kier alpha value is -2.77. The topological polar surface area (TPSA) is 71.5 Å². The van der Waals surface area contributed by atoms with Crippen LogP contribution in [0, 0.1) is 17.7 Å². The molecule has 7 nitrogen and oxygen atoms in total. The molecule has 2 aliphatic rings. The van der Waals surface area contributed by atoms with Gasteiger partial charge in [-0.15, -0.1) is 0 Å². The van der Waals surface area contributed by atoms with Gasteiger partial charge >= 0.3 is 0 Å². The van der Waals surface area contributed by atoms with Crippen molar-refractivity contribution in [2.75, 3.05) is 38.2 Å². The Morgan fingerprint density at radius 2 is 1.81 bits per heavy atom. The van der Waals surface area contributed by atoms with Crippen LogP contribution in [0.4, 0.5) is 10.2 Å². The molecule has 142 valence electrons. The molecular weight excluding hydrogens is 349 g/mol. The van der Waals surface area contributed by atoms with Crippen molar-refractivity contribution in [2.45, 2.75) is 12.8 Å². The van der Waals surface area contributed by atoms with E-state index in [0.29, 0.717) is 36.5 Å². The molecule has 0 spiro atoms. The van der Waals surface area contributed by atoms with Crippen LogP contribution in [0.15, 0.2) is 30.7 Å². The zero-order chi connectivity index (χ0) is 18.8. The number of hydrogen-bond donors (Lipinski definition) is 0. The lowest BCUT2D eigenvalue weighted by Crippen LogP contribution is -2.32. The van der Waals surface area contributed by atoms with Crippen molar-refractivity contribution < 1.29 is 13.9 Å². The molecule has 0 saturated carbocycles. The van der Waals surface area contributed by atoms with Crippen LogP contribution in [0.3, 0.4) is 0 Å². The fourth-order valence-electron chi connectivity index (χ4n) is 4.01. The number of carbonyl (C=O) groups is 1. The fraction of sp³-hybridized carbons (Fsp3) is 0.474. The van der Waals surface area contributed by atoms with Gasteiger partial charge < -0.3 is 14.5 Å². The van der Waals surface area contributed by atoms with Crippen LogP contribution in [0.5, 0.6) is 5.75 Å². The molecule has 0 bridgehead atoms. The van der Waals surface area contributed by atoms with Gasteiger partial charge in [0.1, 0.15) is 0 Å². The summed E-state index contributed by atoms with van der Waals surface area (Å²) in [6, 6.07) is 3.05. The summed E-state index contributed by atoms with van der Waals surface area (Å²) < 4.78 is 19.1. The van der Waals surface area contributed by atoms with Crippen molar-refractivity contribution in [3.05, 3.63) is 42.4 Å². The van der Waals surface area contributed by atoms with Gasteiger partial charge in [-0.25, -0.2) is 19.3 Å². The first-order valence-corrected chi connectivity index (χ1v) is 9.16. The molecule has 4 rings (SSSR count). The van der Waals surface area contributed by atoms with Crippen LogP contribution in [0.25, 0.3) is 0 Å². The Morgan fingerprint density at radius 1 is 1.15 bits per heavy atom. The van der Waals surface area contributed by atoms with Crippen molar-refractivity contribution in [1.29, 1.82) is 0 Å². The number of likely N-dealkylation sites (tertiary alicyclic amines) is 1. The molecule has 2 fully saturated rings. The van der Waals surface area contributed by atoms with Gasteiger partial charge in [-0.1, -0.05) is 0 Å².